The lowest BCUT2D eigenvalue weighted by Gasteiger charge is -2.17. The van der Waals surface area contributed by atoms with Crippen molar-refractivity contribution < 1.29 is 4.74 Å². The van der Waals surface area contributed by atoms with Crippen LogP contribution in [0.5, 0.6) is 0 Å². The Bertz CT molecular complexity index is 445. The molecular formula is C12H11NO. The molecule has 0 unspecified atom stereocenters. The van der Waals surface area contributed by atoms with Crippen LogP contribution >= 0.6 is 0 Å². The minimum Gasteiger partial charge on any atom is -0.484 e. The van der Waals surface area contributed by atoms with Crippen molar-refractivity contribution in [3.05, 3.63) is 36.5 Å². The summed E-state index contributed by atoms with van der Waals surface area (Å²) < 4.78 is 5.37. The number of hydrogen-bond acceptors (Lipinski definition) is 2. The molecule has 0 bridgehead atoms. The first-order valence-electron chi connectivity index (χ1n) is 5.03. The van der Waals surface area contributed by atoms with Crippen LogP contribution in [0.2, 0.25) is 0 Å². The van der Waals surface area contributed by atoms with E-state index in [-0.39, 0.29) is 10.8 Å². The van der Waals surface area contributed by atoms with Crippen LogP contribution in [-0.2, 0) is 4.74 Å². The Morgan fingerprint density at radius 1 is 1.29 bits per heavy atom. The SMILES string of the molecule is COC1=N[C@@H]2C=C[C@]34C=CC=C[C@]23[C@@H]14. The van der Waals surface area contributed by atoms with Crippen LogP contribution in [-0.4, -0.2) is 19.0 Å². The number of rotatable bonds is 0. The Balaban J connectivity index is 1.96. The number of methoxy groups -OCH3 is 1. The zero-order chi connectivity index (χ0) is 9.39. The summed E-state index contributed by atoms with van der Waals surface area (Å²) in [5, 5.41) is 0. The Hall–Kier alpha value is -1.31. The standard InChI is InChI=1S/C12H11NO/c1-14-10-9-11-5-2-3-6-12(9,11)8(13-10)4-7-11/h2-9H,1H3/t8-,9+,11+,12-/m1/s1. The maximum Gasteiger partial charge on any atom is 0.189 e. The lowest BCUT2D eigenvalue weighted by atomic mass is 9.89. The molecule has 0 radical (unpaired) electrons. The van der Waals surface area contributed by atoms with Gasteiger partial charge in [-0.3, -0.25) is 0 Å². The van der Waals surface area contributed by atoms with Crippen LogP contribution in [0.3, 0.4) is 0 Å². The molecule has 2 nitrogen and oxygen atoms in total. The summed E-state index contributed by atoms with van der Waals surface area (Å²) in [5.74, 6) is 1.42. The molecule has 0 saturated heterocycles. The van der Waals surface area contributed by atoms with E-state index in [2.05, 4.69) is 41.4 Å². The van der Waals surface area contributed by atoms with Gasteiger partial charge in [-0.25, -0.2) is 4.99 Å². The van der Waals surface area contributed by atoms with Gasteiger partial charge in [0, 0.05) is 10.8 Å². The monoisotopic (exact) mass is 185 g/mol. The van der Waals surface area contributed by atoms with Gasteiger partial charge in [-0.2, -0.15) is 0 Å². The third kappa shape index (κ3) is 0.423. The van der Waals surface area contributed by atoms with Crippen LogP contribution < -0.4 is 0 Å². The summed E-state index contributed by atoms with van der Waals surface area (Å²) in [6.07, 6.45) is 13.5. The van der Waals surface area contributed by atoms with Crippen molar-refractivity contribution in [1.29, 1.82) is 0 Å². The van der Waals surface area contributed by atoms with Gasteiger partial charge in [0.1, 0.15) is 0 Å². The van der Waals surface area contributed by atoms with Crippen molar-refractivity contribution in [3.63, 3.8) is 0 Å². The molecule has 0 aromatic carbocycles. The van der Waals surface area contributed by atoms with E-state index in [4.69, 9.17) is 4.74 Å². The van der Waals surface area contributed by atoms with Gasteiger partial charge in [0.15, 0.2) is 5.90 Å². The van der Waals surface area contributed by atoms with Gasteiger partial charge in [0.2, 0.25) is 0 Å². The molecule has 4 rings (SSSR count). The number of hydrogen-bond donors (Lipinski definition) is 0. The fraction of sp³-hybridized carbons (Fsp3) is 0.417. The molecule has 1 heterocycles. The van der Waals surface area contributed by atoms with Crippen molar-refractivity contribution in [2.45, 2.75) is 6.04 Å². The highest BCUT2D eigenvalue weighted by atomic mass is 16.5. The van der Waals surface area contributed by atoms with E-state index in [1.807, 2.05) is 0 Å². The predicted molar refractivity (Wildman–Crippen MR) is 54.0 cm³/mol. The molecule has 0 aromatic rings. The molecule has 3 aliphatic carbocycles. The fourth-order valence-electron chi connectivity index (χ4n) is 3.65. The van der Waals surface area contributed by atoms with Crippen LogP contribution in [0.15, 0.2) is 41.4 Å². The molecule has 1 saturated carbocycles. The van der Waals surface area contributed by atoms with Crippen LogP contribution in [0.25, 0.3) is 0 Å². The van der Waals surface area contributed by atoms with E-state index in [0.717, 1.165) is 5.90 Å². The average Bonchev–Trinajstić information content (AvgIpc) is 2.59. The third-order valence-corrected chi connectivity index (χ3v) is 4.24. The second-order valence-electron chi connectivity index (χ2n) is 4.49. The maximum absolute atomic E-state index is 5.37. The number of nitrogens with zero attached hydrogens (tertiary/aromatic N) is 1. The molecule has 0 amide bonds. The Labute approximate surface area is 82.7 Å². The quantitative estimate of drug-likeness (QED) is 0.526. The summed E-state index contributed by atoms with van der Waals surface area (Å²) in [6.45, 7) is 0. The number of ether oxygens (including phenoxy) is 1. The molecule has 0 N–H and O–H groups in total. The second kappa shape index (κ2) is 1.74. The zero-order valence-corrected chi connectivity index (χ0v) is 7.97. The highest BCUT2D eigenvalue weighted by Gasteiger charge is 2.83. The van der Waals surface area contributed by atoms with Crippen molar-refractivity contribution in [2.24, 2.45) is 21.7 Å². The lowest BCUT2D eigenvalue weighted by molar-refractivity contribution is 0.383. The minimum atomic E-state index is 0.222. The van der Waals surface area contributed by atoms with Gasteiger partial charge >= 0.3 is 0 Å². The Morgan fingerprint density at radius 3 is 2.93 bits per heavy atom. The molecular weight excluding hydrogens is 174 g/mol. The van der Waals surface area contributed by atoms with Gasteiger partial charge < -0.3 is 4.74 Å². The minimum absolute atomic E-state index is 0.222. The first-order valence-corrected chi connectivity index (χ1v) is 5.03. The van der Waals surface area contributed by atoms with Gasteiger partial charge in [-0.1, -0.05) is 36.5 Å². The average molecular weight is 185 g/mol. The zero-order valence-electron chi connectivity index (χ0n) is 7.97. The summed E-state index contributed by atoms with van der Waals surface area (Å²) in [4.78, 5) is 4.59. The van der Waals surface area contributed by atoms with Crippen molar-refractivity contribution >= 4 is 5.90 Å². The molecule has 4 atom stereocenters. The fourth-order valence-corrected chi connectivity index (χ4v) is 3.65. The summed E-state index contributed by atoms with van der Waals surface area (Å²) in [5.41, 5.74) is 0.451. The molecule has 1 fully saturated rings. The Kier molecular flexibility index (Phi) is 0.877. The molecule has 70 valence electrons. The molecule has 0 aromatic heterocycles. The summed E-state index contributed by atoms with van der Waals surface area (Å²) in [7, 11) is 1.73. The van der Waals surface area contributed by atoms with Gasteiger partial charge in [0.05, 0.1) is 19.1 Å². The van der Waals surface area contributed by atoms with E-state index in [9.17, 15) is 0 Å². The molecule has 1 aliphatic heterocycles. The maximum atomic E-state index is 5.37. The highest BCUT2D eigenvalue weighted by Crippen LogP contribution is 2.80. The van der Waals surface area contributed by atoms with Gasteiger partial charge in [-0.15, -0.1) is 0 Å². The van der Waals surface area contributed by atoms with Crippen LogP contribution in [0, 0.1) is 16.7 Å². The van der Waals surface area contributed by atoms with Crippen molar-refractivity contribution in [1.82, 2.24) is 0 Å². The van der Waals surface area contributed by atoms with E-state index in [1.54, 1.807) is 7.11 Å². The predicted octanol–water partition coefficient (Wildman–Crippen LogP) is 1.71. The normalized spacial score (nSPS) is 54.2. The summed E-state index contributed by atoms with van der Waals surface area (Å²) >= 11 is 0. The molecule has 1 spiro atoms. The molecule has 2 heteroatoms. The van der Waals surface area contributed by atoms with Crippen LogP contribution in [0.4, 0.5) is 0 Å². The largest absolute Gasteiger partial charge is 0.484 e. The Morgan fingerprint density at radius 2 is 2.14 bits per heavy atom. The second-order valence-corrected chi connectivity index (χ2v) is 4.49. The van der Waals surface area contributed by atoms with E-state index in [1.165, 1.54) is 0 Å². The topological polar surface area (TPSA) is 21.6 Å². The van der Waals surface area contributed by atoms with E-state index < -0.39 is 0 Å². The van der Waals surface area contributed by atoms with Crippen LogP contribution in [0.1, 0.15) is 0 Å². The lowest BCUT2D eigenvalue weighted by Crippen LogP contribution is -2.17. The van der Waals surface area contributed by atoms with Crippen molar-refractivity contribution in [3.8, 4) is 0 Å². The van der Waals surface area contributed by atoms with Gasteiger partial charge in [0.25, 0.3) is 0 Å². The van der Waals surface area contributed by atoms with E-state index in [0.29, 0.717) is 12.0 Å². The van der Waals surface area contributed by atoms with Crippen molar-refractivity contribution in [2.75, 3.05) is 7.11 Å². The first kappa shape index (κ1) is 7.04. The molecule has 4 aliphatic rings. The molecule has 14 heavy (non-hydrogen) atoms. The highest BCUT2D eigenvalue weighted by molar-refractivity contribution is 5.92. The number of aliphatic imine (C=N–C) groups is 1. The third-order valence-electron chi connectivity index (χ3n) is 4.24. The smallest absolute Gasteiger partial charge is 0.189 e. The number of allylic oxidation sites excluding steroid dienone is 4. The van der Waals surface area contributed by atoms with E-state index >= 15 is 0 Å². The van der Waals surface area contributed by atoms with Gasteiger partial charge in [-0.05, 0) is 0 Å². The summed E-state index contributed by atoms with van der Waals surface area (Å²) in [6, 6.07) is 0.323. The first-order chi connectivity index (χ1) is 6.85.